The molecule has 1 aliphatic rings. The average Bonchev–Trinajstić information content (AvgIpc) is 2.87. The number of imide groups is 1. The number of fused-ring (bicyclic) bond motifs is 1. The topological polar surface area (TPSA) is 95.6 Å². The summed E-state index contributed by atoms with van der Waals surface area (Å²) >= 11 is 5.52. The number of amides is 4. The van der Waals surface area contributed by atoms with Gasteiger partial charge in [-0.2, -0.15) is 0 Å². The van der Waals surface area contributed by atoms with Crippen molar-refractivity contribution in [3.63, 3.8) is 0 Å². The highest BCUT2D eigenvalue weighted by Gasteiger charge is 2.42. The van der Waals surface area contributed by atoms with Crippen LogP contribution in [0, 0.1) is 0 Å². The third-order valence-electron chi connectivity index (χ3n) is 4.09. The molecule has 0 unspecified atom stereocenters. The van der Waals surface area contributed by atoms with Crippen molar-refractivity contribution in [2.45, 2.75) is 39.2 Å². The van der Waals surface area contributed by atoms with Crippen LogP contribution in [0.1, 0.15) is 64.7 Å². The highest BCUT2D eigenvalue weighted by molar-refractivity contribution is 6.22. The molecule has 0 fully saturated rings. The summed E-state index contributed by atoms with van der Waals surface area (Å²) in [6.45, 7) is 5.90. The molecule has 0 spiro atoms. The van der Waals surface area contributed by atoms with Gasteiger partial charge in [-0.25, -0.2) is 0 Å². The second-order valence-electron chi connectivity index (χ2n) is 7.28. The minimum Gasteiger partial charge on any atom is -0.354 e. The molecule has 0 aliphatic carbocycles. The molecule has 0 radical (unpaired) electrons. The summed E-state index contributed by atoms with van der Waals surface area (Å²) in [6, 6.07) is 4.46. The van der Waals surface area contributed by atoms with Crippen LogP contribution in [-0.4, -0.2) is 53.0 Å². The highest BCUT2D eigenvalue weighted by Crippen LogP contribution is 2.29. The lowest BCUT2D eigenvalue weighted by atomic mass is 10.1. The van der Waals surface area contributed by atoms with Gasteiger partial charge in [-0.3, -0.25) is 24.1 Å². The molecule has 1 aromatic carbocycles. The predicted molar refractivity (Wildman–Crippen MR) is 102 cm³/mol. The van der Waals surface area contributed by atoms with Crippen LogP contribution in [0.4, 0.5) is 0 Å². The number of nitrogens with one attached hydrogen (secondary N) is 2. The maximum atomic E-state index is 12.6. The average molecular weight is 394 g/mol. The number of carbonyl (C=O) groups is 4. The number of nitrogens with zero attached hydrogens (tertiary/aromatic N) is 1. The van der Waals surface area contributed by atoms with Crippen LogP contribution in [0.5, 0.6) is 0 Å². The number of halogens is 1. The van der Waals surface area contributed by atoms with Crippen LogP contribution < -0.4 is 10.6 Å². The van der Waals surface area contributed by atoms with Crippen LogP contribution in [0.15, 0.2) is 18.2 Å². The van der Waals surface area contributed by atoms with E-state index in [-0.39, 0.29) is 29.8 Å². The van der Waals surface area contributed by atoms with Crippen molar-refractivity contribution < 1.29 is 19.2 Å². The number of hydrogen-bond donors (Lipinski definition) is 2. The normalized spacial score (nSPS) is 13.6. The van der Waals surface area contributed by atoms with Gasteiger partial charge in [0.25, 0.3) is 17.7 Å². The molecular formula is C19H24ClN3O4. The Morgan fingerprint density at radius 2 is 1.67 bits per heavy atom. The number of rotatable bonds is 7. The SMILES string of the molecule is CC(C)(C)N1C(=O)c2ccc(C(=O)NCCNC(=O)CCCCl)cc2C1=O. The zero-order chi connectivity index (χ0) is 20.2. The van der Waals surface area contributed by atoms with Crippen molar-refractivity contribution >= 4 is 35.2 Å². The van der Waals surface area contributed by atoms with Crippen LogP contribution in [0.2, 0.25) is 0 Å². The van der Waals surface area contributed by atoms with Gasteiger partial charge in [-0.1, -0.05) is 0 Å². The molecule has 0 saturated carbocycles. The number of carbonyl (C=O) groups excluding carboxylic acids is 4. The summed E-state index contributed by atoms with van der Waals surface area (Å²) in [5.41, 5.74) is 0.186. The Morgan fingerprint density at radius 1 is 1.04 bits per heavy atom. The Bertz CT molecular complexity index is 771. The Kier molecular flexibility index (Phi) is 6.59. The Hall–Kier alpha value is -2.41. The van der Waals surface area contributed by atoms with Gasteiger partial charge in [0, 0.05) is 36.5 Å². The van der Waals surface area contributed by atoms with Gasteiger partial charge in [0.2, 0.25) is 5.91 Å². The molecule has 2 rings (SSSR count). The van der Waals surface area contributed by atoms with Gasteiger partial charge in [-0.15, -0.1) is 11.6 Å². The molecular weight excluding hydrogens is 370 g/mol. The fraction of sp³-hybridized carbons (Fsp3) is 0.474. The standard InChI is InChI=1S/C19H24ClN3O4/c1-19(2,3)23-17(26)13-7-6-12(11-14(13)18(23)27)16(25)22-10-9-21-15(24)5-4-8-20/h6-7,11H,4-5,8-10H2,1-3H3,(H,21,24)(H,22,25). The van der Waals surface area contributed by atoms with E-state index < -0.39 is 11.4 Å². The number of benzene rings is 1. The van der Waals surface area contributed by atoms with Crippen LogP contribution >= 0.6 is 11.6 Å². The highest BCUT2D eigenvalue weighted by atomic mass is 35.5. The maximum Gasteiger partial charge on any atom is 0.262 e. The lowest BCUT2D eigenvalue weighted by Crippen LogP contribution is -2.45. The van der Waals surface area contributed by atoms with Crippen molar-refractivity contribution in [2.75, 3.05) is 19.0 Å². The van der Waals surface area contributed by atoms with Gasteiger partial charge < -0.3 is 10.6 Å². The van der Waals surface area contributed by atoms with Gasteiger partial charge in [0.15, 0.2) is 0 Å². The molecule has 4 amide bonds. The third-order valence-corrected chi connectivity index (χ3v) is 4.36. The van der Waals surface area contributed by atoms with Crippen LogP contribution in [0.3, 0.4) is 0 Å². The molecule has 1 aromatic rings. The number of hydrogen-bond acceptors (Lipinski definition) is 4. The first-order valence-electron chi connectivity index (χ1n) is 8.80. The molecule has 1 aliphatic heterocycles. The van der Waals surface area contributed by atoms with Crippen LogP contribution in [-0.2, 0) is 4.79 Å². The smallest absolute Gasteiger partial charge is 0.262 e. The molecule has 1 heterocycles. The maximum absolute atomic E-state index is 12.6. The quantitative estimate of drug-likeness (QED) is 0.420. The lowest BCUT2D eigenvalue weighted by molar-refractivity contribution is -0.121. The Labute approximate surface area is 163 Å². The van der Waals surface area contributed by atoms with E-state index in [0.717, 1.165) is 0 Å². The molecule has 2 N–H and O–H groups in total. The van der Waals surface area contributed by atoms with Gasteiger partial charge in [-0.05, 0) is 45.4 Å². The molecule has 27 heavy (non-hydrogen) atoms. The van der Waals surface area contributed by atoms with E-state index in [0.29, 0.717) is 36.4 Å². The summed E-state index contributed by atoms with van der Waals surface area (Å²) in [5, 5.41) is 5.36. The summed E-state index contributed by atoms with van der Waals surface area (Å²) in [5.74, 6) is -0.815. The number of alkyl halides is 1. The molecule has 146 valence electrons. The second kappa shape index (κ2) is 8.52. The summed E-state index contributed by atoms with van der Waals surface area (Å²) in [6.07, 6.45) is 0.954. The monoisotopic (exact) mass is 393 g/mol. The fourth-order valence-electron chi connectivity index (χ4n) is 2.79. The summed E-state index contributed by atoms with van der Waals surface area (Å²) in [4.78, 5) is 50.0. The molecule has 0 bridgehead atoms. The van der Waals surface area contributed by atoms with Crippen LogP contribution in [0.25, 0.3) is 0 Å². The minimum absolute atomic E-state index is 0.117. The van der Waals surface area contributed by atoms with Crippen molar-refractivity contribution in [3.8, 4) is 0 Å². The first-order chi connectivity index (χ1) is 12.7. The summed E-state index contributed by atoms with van der Waals surface area (Å²) < 4.78 is 0. The molecule has 0 aromatic heterocycles. The second-order valence-corrected chi connectivity index (χ2v) is 7.65. The van der Waals surface area contributed by atoms with Gasteiger partial charge >= 0.3 is 0 Å². The predicted octanol–water partition coefficient (Wildman–Crippen LogP) is 1.95. The van der Waals surface area contributed by atoms with Crippen molar-refractivity contribution in [1.82, 2.24) is 15.5 Å². The molecule has 0 saturated heterocycles. The molecule has 8 heteroatoms. The van der Waals surface area contributed by atoms with E-state index in [1.165, 1.54) is 23.1 Å². The third kappa shape index (κ3) is 4.86. The molecule has 7 nitrogen and oxygen atoms in total. The zero-order valence-corrected chi connectivity index (χ0v) is 16.5. The van der Waals surface area contributed by atoms with E-state index >= 15 is 0 Å². The Balaban J connectivity index is 1.97. The molecule has 0 atom stereocenters. The zero-order valence-electron chi connectivity index (χ0n) is 15.7. The summed E-state index contributed by atoms with van der Waals surface area (Å²) in [7, 11) is 0. The fourth-order valence-corrected chi connectivity index (χ4v) is 2.92. The van der Waals surface area contributed by atoms with E-state index in [1.54, 1.807) is 20.8 Å². The van der Waals surface area contributed by atoms with Gasteiger partial charge in [0.05, 0.1) is 11.1 Å². The van der Waals surface area contributed by atoms with E-state index in [1.807, 2.05) is 0 Å². The van der Waals surface area contributed by atoms with E-state index in [4.69, 9.17) is 11.6 Å². The lowest BCUT2D eigenvalue weighted by Gasteiger charge is -2.29. The minimum atomic E-state index is -0.642. The van der Waals surface area contributed by atoms with Gasteiger partial charge in [0.1, 0.15) is 0 Å². The first kappa shape index (κ1) is 20.9. The van der Waals surface area contributed by atoms with Crippen molar-refractivity contribution in [1.29, 1.82) is 0 Å². The largest absolute Gasteiger partial charge is 0.354 e. The van der Waals surface area contributed by atoms with Crippen molar-refractivity contribution in [2.24, 2.45) is 0 Å². The van der Waals surface area contributed by atoms with E-state index in [9.17, 15) is 19.2 Å². The van der Waals surface area contributed by atoms with E-state index in [2.05, 4.69) is 10.6 Å². The Morgan fingerprint density at radius 3 is 2.30 bits per heavy atom. The first-order valence-corrected chi connectivity index (χ1v) is 9.34. The van der Waals surface area contributed by atoms with Crippen molar-refractivity contribution in [3.05, 3.63) is 34.9 Å².